The van der Waals surface area contributed by atoms with Crippen molar-refractivity contribution in [3.05, 3.63) is 35.5 Å². The van der Waals surface area contributed by atoms with Crippen LogP contribution >= 0.6 is 0 Å². The molecule has 0 saturated carbocycles. The summed E-state index contributed by atoms with van der Waals surface area (Å²) in [6.07, 6.45) is 3.17. The molecule has 0 aliphatic carbocycles. The van der Waals surface area contributed by atoms with Gasteiger partial charge in [0.2, 0.25) is 0 Å². The van der Waals surface area contributed by atoms with Crippen molar-refractivity contribution in [1.29, 1.82) is 0 Å². The van der Waals surface area contributed by atoms with Crippen molar-refractivity contribution in [2.75, 3.05) is 20.6 Å². The van der Waals surface area contributed by atoms with E-state index < -0.39 is 0 Å². The molecular formula is C13H20N4. The van der Waals surface area contributed by atoms with Gasteiger partial charge in [-0.05, 0) is 43.8 Å². The molecule has 0 bridgehead atoms. The highest BCUT2D eigenvalue weighted by Gasteiger charge is 2.05. The van der Waals surface area contributed by atoms with Crippen LogP contribution < -0.4 is 11.3 Å². The molecule has 0 radical (unpaired) electrons. The molecule has 0 aliphatic rings. The quantitative estimate of drug-likeness (QED) is 0.537. The Labute approximate surface area is 102 Å². The summed E-state index contributed by atoms with van der Waals surface area (Å²) in [5.41, 5.74) is 6.47. The molecular weight excluding hydrogens is 212 g/mol. The number of likely N-dealkylation sites (N-methyl/N-ethyl adjacent to an activating group) is 1. The lowest BCUT2D eigenvalue weighted by Crippen LogP contribution is -2.20. The van der Waals surface area contributed by atoms with Crippen LogP contribution in [0.2, 0.25) is 0 Å². The molecule has 0 spiro atoms. The Morgan fingerprint density at radius 1 is 1.35 bits per heavy atom. The second-order valence-electron chi connectivity index (χ2n) is 4.63. The fourth-order valence-electron chi connectivity index (χ4n) is 2.00. The van der Waals surface area contributed by atoms with Gasteiger partial charge in [-0.3, -0.25) is 11.3 Å². The van der Waals surface area contributed by atoms with Crippen LogP contribution in [0.1, 0.15) is 11.1 Å². The topological polar surface area (TPSA) is 57.1 Å². The highest BCUT2D eigenvalue weighted by atomic mass is 15.2. The second-order valence-corrected chi connectivity index (χ2v) is 4.63. The first-order valence-corrected chi connectivity index (χ1v) is 5.88. The van der Waals surface area contributed by atoms with Crippen LogP contribution in [0, 0.1) is 0 Å². The monoisotopic (exact) mass is 232 g/mol. The first-order chi connectivity index (χ1) is 8.20. The van der Waals surface area contributed by atoms with Crippen molar-refractivity contribution in [2.24, 2.45) is 5.84 Å². The number of fused-ring (bicyclic) bond motifs is 1. The van der Waals surface area contributed by atoms with Crippen LogP contribution in [0.15, 0.2) is 24.4 Å². The predicted molar refractivity (Wildman–Crippen MR) is 71.6 cm³/mol. The number of hydrogen-bond acceptors (Lipinski definition) is 3. The maximum Gasteiger partial charge on any atom is 0.0457 e. The smallest absolute Gasteiger partial charge is 0.0457 e. The Hall–Kier alpha value is -1.36. The van der Waals surface area contributed by atoms with Gasteiger partial charge in [0, 0.05) is 30.2 Å². The third kappa shape index (κ3) is 2.85. The normalized spacial score (nSPS) is 11.5. The number of aromatic nitrogens is 1. The van der Waals surface area contributed by atoms with Crippen LogP contribution in [0.3, 0.4) is 0 Å². The van der Waals surface area contributed by atoms with Crippen LogP contribution in [0.5, 0.6) is 0 Å². The SMILES string of the molecule is CN(C)CCc1c[nH]c2ccc(CNN)cc12. The minimum absolute atomic E-state index is 0.703. The summed E-state index contributed by atoms with van der Waals surface area (Å²) in [6.45, 7) is 1.76. The summed E-state index contributed by atoms with van der Waals surface area (Å²) in [4.78, 5) is 5.51. The Morgan fingerprint density at radius 2 is 2.18 bits per heavy atom. The Balaban J connectivity index is 2.26. The molecule has 4 N–H and O–H groups in total. The van der Waals surface area contributed by atoms with Crippen molar-refractivity contribution < 1.29 is 0 Å². The first-order valence-electron chi connectivity index (χ1n) is 5.88. The molecule has 1 aromatic heterocycles. The zero-order valence-electron chi connectivity index (χ0n) is 10.5. The summed E-state index contributed by atoms with van der Waals surface area (Å²) < 4.78 is 0. The van der Waals surface area contributed by atoms with Crippen molar-refractivity contribution in [2.45, 2.75) is 13.0 Å². The van der Waals surface area contributed by atoms with Crippen molar-refractivity contribution in [1.82, 2.24) is 15.3 Å². The third-order valence-corrected chi connectivity index (χ3v) is 2.97. The average Bonchev–Trinajstić information content (AvgIpc) is 2.69. The number of nitrogens with zero attached hydrogens (tertiary/aromatic N) is 1. The van der Waals surface area contributed by atoms with Crippen LogP contribution in [0.25, 0.3) is 10.9 Å². The van der Waals surface area contributed by atoms with Gasteiger partial charge in [0.25, 0.3) is 0 Å². The molecule has 0 atom stereocenters. The van der Waals surface area contributed by atoms with Gasteiger partial charge < -0.3 is 9.88 Å². The number of rotatable bonds is 5. The lowest BCUT2D eigenvalue weighted by atomic mass is 10.1. The molecule has 1 aromatic carbocycles. The third-order valence-electron chi connectivity index (χ3n) is 2.97. The number of aromatic amines is 1. The van der Waals surface area contributed by atoms with Gasteiger partial charge in [-0.2, -0.15) is 0 Å². The van der Waals surface area contributed by atoms with Gasteiger partial charge in [0.1, 0.15) is 0 Å². The molecule has 4 heteroatoms. The van der Waals surface area contributed by atoms with E-state index in [4.69, 9.17) is 5.84 Å². The number of H-pyrrole nitrogens is 1. The Kier molecular flexibility index (Phi) is 3.78. The minimum Gasteiger partial charge on any atom is -0.361 e. The number of hydrazine groups is 1. The fraction of sp³-hybridized carbons (Fsp3) is 0.385. The number of benzene rings is 1. The Morgan fingerprint density at radius 3 is 2.88 bits per heavy atom. The first kappa shape index (κ1) is 12.1. The molecule has 17 heavy (non-hydrogen) atoms. The summed E-state index contributed by atoms with van der Waals surface area (Å²) in [7, 11) is 4.19. The molecule has 1 heterocycles. The van der Waals surface area contributed by atoms with E-state index in [0.29, 0.717) is 6.54 Å². The molecule has 2 rings (SSSR count). The lowest BCUT2D eigenvalue weighted by Gasteiger charge is -2.08. The van der Waals surface area contributed by atoms with Gasteiger partial charge in [-0.15, -0.1) is 0 Å². The van der Waals surface area contributed by atoms with Crippen LogP contribution in [-0.4, -0.2) is 30.5 Å². The summed E-state index contributed by atoms with van der Waals surface area (Å²) in [5.74, 6) is 5.35. The maximum absolute atomic E-state index is 5.35. The lowest BCUT2D eigenvalue weighted by molar-refractivity contribution is 0.414. The zero-order chi connectivity index (χ0) is 12.3. The zero-order valence-corrected chi connectivity index (χ0v) is 10.5. The van der Waals surface area contributed by atoms with Crippen molar-refractivity contribution >= 4 is 10.9 Å². The van der Waals surface area contributed by atoms with Crippen molar-refractivity contribution in [3.63, 3.8) is 0 Å². The van der Waals surface area contributed by atoms with E-state index in [9.17, 15) is 0 Å². The summed E-state index contributed by atoms with van der Waals surface area (Å²) >= 11 is 0. The van der Waals surface area contributed by atoms with Crippen LogP contribution in [-0.2, 0) is 13.0 Å². The standard InChI is InChI=1S/C13H20N4/c1-17(2)6-5-11-9-15-13-4-3-10(8-16-14)7-12(11)13/h3-4,7,9,15-16H,5-6,8,14H2,1-2H3. The van der Waals surface area contributed by atoms with Crippen molar-refractivity contribution in [3.8, 4) is 0 Å². The summed E-state index contributed by atoms with van der Waals surface area (Å²) in [5, 5.41) is 1.31. The number of nitrogens with one attached hydrogen (secondary N) is 2. The largest absolute Gasteiger partial charge is 0.361 e. The van der Waals surface area contributed by atoms with Gasteiger partial charge in [-0.1, -0.05) is 6.07 Å². The van der Waals surface area contributed by atoms with E-state index >= 15 is 0 Å². The van der Waals surface area contributed by atoms with E-state index in [1.807, 2.05) is 0 Å². The van der Waals surface area contributed by atoms with Gasteiger partial charge in [0.05, 0.1) is 0 Å². The molecule has 0 amide bonds. The van der Waals surface area contributed by atoms with Crippen LogP contribution in [0.4, 0.5) is 0 Å². The van der Waals surface area contributed by atoms with Gasteiger partial charge in [0.15, 0.2) is 0 Å². The molecule has 0 aliphatic heterocycles. The summed E-state index contributed by atoms with van der Waals surface area (Å²) in [6, 6.07) is 6.41. The van der Waals surface area contributed by atoms with E-state index in [-0.39, 0.29) is 0 Å². The Bertz CT molecular complexity index is 487. The molecule has 2 aromatic rings. The molecule has 4 nitrogen and oxygen atoms in total. The van der Waals surface area contributed by atoms with E-state index in [1.165, 1.54) is 22.0 Å². The number of nitrogens with two attached hydrogens (primary N) is 1. The molecule has 92 valence electrons. The number of hydrogen-bond donors (Lipinski definition) is 3. The van der Waals surface area contributed by atoms with Gasteiger partial charge >= 0.3 is 0 Å². The highest BCUT2D eigenvalue weighted by Crippen LogP contribution is 2.20. The molecule has 0 fully saturated rings. The average molecular weight is 232 g/mol. The van der Waals surface area contributed by atoms with Gasteiger partial charge in [-0.25, -0.2) is 0 Å². The van der Waals surface area contributed by atoms with E-state index in [2.05, 4.69) is 53.8 Å². The van der Waals surface area contributed by atoms with E-state index in [0.717, 1.165) is 13.0 Å². The second kappa shape index (κ2) is 5.31. The maximum atomic E-state index is 5.35. The highest BCUT2D eigenvalue weighted by molar-refractivity contribution is 5.83. The fourth-order valence-corrected chi connectivity index (χ4v) is 2.00. The molecule has 0 unspecified atom stereocenters. The minimum atomic E-state index is 0.703. The predicted octanol–water partition coefficient (Wildman–Crippen LogP) is 1.24. The molecule has 0 saturated heterocycles. The van der Waals surface area contributed by atoms with E-state index in [1.54, 1.807) is 0 Å².